The van der Waals surface area contributed by atoms with Crippen LogP contribution in [0, 0.1) is 0 Å². The maximum absolute atomic E-state index is 4.92. The van der Waals surface area contributed by atoms with Crippen LogP contribution in [0.1, 0.15) is 0 Å². The maximum atomic E-state index is 4.92. The van der Waals surface area contributed by atoms with E-state index >= 15 is 0 Å². The number of fused-ring (bicyclic) bond motifs is 9. The molecule has 69 heavy (non-hydrogen) atoms. The summed E-state index contributed by atoms with van der Waals surface area (Å²) in [5.41, 5.74) is 13.8. The third kappa shape index (κ3) is 5.85. The van der Waals surface area contributed by atoms with E-state index in [1.807, 2.05) is 12.3 Å². The monoisotopic (exact) mass is 894 g/mol. The summed E-state index contributed by atoms with van der Waals surface area (Å²) in [5.74, 6) is 0.908. The molecule has 320 valence electrons. The van der Waals surface area contributed by atoms with Crippen LogP contribution in [0.15, 0.2) is 255 Å². The van der Waals surface area contributed by atoms with E-state index in [1.165, 1.54) is 53.4 Å². The Kier molecular flexibility index (Phi) is 8.83. The van der Waals surface area contributed by atoms with Crippen LogP contribution in [0.2, 0.25) is 0 Å². The van der Waals surface area contributed by atoms with Gasteiger partial charge in [0.1, 0.15) is 5.82 Å². The Morgan fingerprint density at radius 1 is 0.391 bits per heavy atom. The molecule has 0 saturated heterocycles. The van der Waals surface area contributed by atoms with Gasteiger partial charge in [0.05, 0.1) is 27.5 Å². The largest absolute Gasteiger partial charge is 0.503 e. The molecule has 2 aromatic heterocycles. The number of nitrogens with zero attached hydrogens (tertiary/aromatic N) is 4. The second-order valence-electron chi connectivity index (χ2n) is 18.0. The van der Waals surface area contributed by atoms with Crippen molar-refractivity contribution >= 4 is 90.2 Å². The molecule has 5 heteroatoms. The highest BCUT2D eigenvalue weighted by Crippen LogP contribution is 2.47. The van der Waals surface area contributed by atoms with E-state index in [2.05, 4.69) is 262 Å². The van der Waals surface area contributed by atoms with Gasteiger partial charge in [0.25, 0.3) is 5.69 Å². The lowest BCUT2D eigenvalue weighted by molar-refractivity contribution is 1.08. The summed E-state index contributed by atoms with van der Waals surface area (Å²) in [6, 6.07) is 95.4. The molecule has 0 fully saturated rings. The molecule has 0 bridgehead atoms. The number of hydrogen-bond donors (Lipinski definition) is 0. The van der Waals surface area contributed by atoms with Crippen molar-refractivity contribution in [3.05, 3.63) is 255 Å². The maximum Gasteiger partial charge on any atom is 0.503 e. The number of pyridine rings is 1. The van der Waals surface area contributed by atoms with E-state index in [1.54, 1.807) is 0 Å². The Hall–Kier alpha value is -8.99. The van der Waals surface area contributed by atoms with Gasteiger partial charge < -0.3 is 0 Å². The zero-order chi connectivity index (χ0) is 45.5. The third-order valence-corrected chi connectivity index (χ3v) is 19.3. The Morgan fingerprint density at radius 2 is 0.986 bits per heavy atom. The van der Waals surface area contributed by atoms with Gasteiger partial charge in [0.15, 0.2) is 8.07 Å². The van der Waals surface area contributed by atoms with E-state index in [-0.39, 0.29) is 0 Å². The van der Waals surface area contributed by atoms with Crippen molar-refractivity contribution in [1.29, 1.82) is 0 Å². The minimum Gasteiger partial charge on any atom is -0.294 e. The van der Waals surface area contributed by atoms with Crippen molar-refractivity contribution in [3.8, 4) is 39.2 Å². The van der Waals surface area contributed by atoms with Gasteiger partial charge >= 0.3 is 11.7 Å². The molecular formula is C64H42N4Si+2. The highest BCUT2D eigenvalue weighted by atomic mass is 28.3. The average Bonchev–Trinajstić information content (AvgIpc) is 4.08. The lowest BCUT2D eigenvalue weighted by Gasteiger charge is -2.31. The SMILES string of the molecule is C1=[N+](c2cccc([Si]3(c4ccc5c6ccccc6n(-c6ccccn6)c5c4)c4ccccc4-c4ccccc43)c2)c2ccc3ccccc3c2[N+]=1c1c(-c2ccccc2)cccc1-c1ccccc1. The van der Waals surface area contributed by atoms with Crippen LogP contribution in [0.5, 0.6) is 0 Å². The number of para-hydroxylation sites is 2. The van der Waals surface area contributed by atoms with Gasteiger partial charge in [-0.05, 0) is 106 Å². The van der Waals surface area contributed by atoms with Gasteiger partial charge in [-0.25, -0.2) is 4.98 Å². The molecule has 2 aliphatic heterocycles. The molecule has 0 N–H and O–H groups in total. The molecular weight excluding hydrogens is 853 g/mol. The summed E-state index contributed by atoms with van der Waals surface area (Å²) < 4.78 is 6.99. The molecule has 12 aromatic rings. The summed E-state index contributed by atoms with van der Waals surface area (Å²) >= 11 is 0. The molecule has 10 aromatic carbocycles. The molecule has 0 amide bonds. The number of hydrogen-bond acceptors (Lipinski definition) is 1. The van der Waals surface area contributed by atoms with Crippen molar-refractivity contribution in [2.24, 2.45) is 0 Å². The molecule has 2 aliphatic rings. The van der Waals surface area contributed by atoms with Gasteiger partial charge in [0.2, 0.25) is 11.4 Å². The molecule has 0 spiro atoms. The van der Waals surface area contributed by atoms with Crippen LogP contribution in [-0.4, -0.2) is 23.6 Å². The van der Waals surface area contributed by atoms with Crippen LogP contribution in [0.4, 0.5) is 22.7 Å². The van der Waals surface area contributed by atoms with E-state index in [0.29, 0.717) is 0 Å². The summed E-state index contributed by atoms with van der Waals surface area (Å²) in [6.45, 7) is 0. The highest BCUT2D eigenvalue weighted by molar-refractivity contribution is 7.22. The zero-order valence-electron chi connectivity index (χ0n) is 37.5. The van der Waals surface area contributed by atoms with Crippen molar-refractivity contribution in [2.75, 3.05) is 0 Å². The fraction of sp³-hybridized carbons (Fsp3) is 0. The van der Waals surface area contributed by atoms with Crippen LogP contribution in [0.25, 0.3) is 71.8 Å². The molecule has 4 heterocycles. The summed E-state index contributed by atoms with van der Waals surface area (Å²) in [4.78, 5) is 4.92. The standard InChI is InChI=1S/C64H42N4Si/c1-3-19-44(20-4-1)50-30-18-31-51(45-21-5-2-6-22-45)63(50)67-43-66(58-39-36-46-23-7-8-26-52(46)64(58)67)47-24-17-25-48(41-47)69(60-33-13-10-28-55(60)56-29-11-14-34-61(56)69)49-37-38-54-53-27-9-12-32-57(53)68(59(54)42-49)62-35-15-16-40-65-62/h1-42H/q+2. The first-order chi connectivity index (χ1) is 34.3. The Morgan fingerprint density at radius 3 is 1.71 bits per heavy atom. The van der Waals surface area contributed by atoms with Crippen molar-refractivity contribution in [2.45, 2.75) is 0 Å². The fourth-order valence-electron chi connectivity index (χ4n) is 11.5. The second-order valence-corrected chi connectivity index (χ2v) is 21.8. The highest BCUT2D eigenvalue weighted by Gasteiger charge is 2.50. The van der Waals surface area contributed by atoms with E-state index in [0.717, 1.165) is 61.9 Å². The minimum absolute atomic E-state index is 0.908. The molecule has 0 atom stereocenters. The van der Waals surface area contributed by atoms with Gasteiger partial charge in [-0.15, -0.1) is 0 Å². The number of rotatable bonds is 7. The normalized spacial score (nSPS) is 13.3. The smallest absolute Gasteiger partial charge is 0.294 e. The van der Waals surface area contributed by atoms with Crippen molar-refractivity contribution in [3.63, 3.8) is 0 Å². The quantitative estimate of drug-likeness (QED) is 0.116. The molecule has 0 unspecified atom stereocenters. The van der Waals surface area contributed by atoms with Gasteiger partial charge in [-0.2, -0.15) is 0 Å². The molecule has 14 rings (SSSR count). The van der Waals surface area contributed by atoms with Crippen LogP contribution < -0.4 is 29.9 Å². The molecule has 0 saturated carbocycles. The summed E-state index contributed by atoms with van der Waals surface area (Å²) in [5, 5.41) is 10.2. The molecule has 4 nitrogen and oxygen atoms in total. The first-order valence-electron chi connectivity index (χ1n) is 23.6. The molecule has 0 aliphatic carbocycles. The second kappa shape index (κ2) is 15.5. The van der Waals surface area contributed by atoms with Gasteiger partial charge in [0, 0.05) is 35.2 Å². The van der Waals surface area contributed by atoms with Gasteiger partial charge in [-0.3, -0.25) is 4.57 Å². The topological polar surface area (TPSA) is 23.8 Å². The lowest BCUT2D eigenvalue weighted by Crippen LogP contribution is -2.72. The first kappa shape index (κ1) is 39.2. The molecule has 0 radical (unpaired) electrons. The average molecular weight is 895 g/mol. The Labute approximate surface area is 401 Å². The van der Waals surface area contributed by atoms with Gasteiger partial charge in [-0.1, -0.05) is 182 Å². The number of benzene rings is 10. The number of aromatic nitrogens is 2. The fourth-order valence-corrected chi connectivity index (χ4v) is 16.7. The Bertz CT molecular complexity index is 4010. The van der Waals surface area contributed by atoms with Crippen LogP contribution in [-0.2, 0) is 0 Å². The summed E-state index contributed by atoms with van der Waals surface area (Å²) in [6.07, 6.45) is 1.89. The predicted octanol–water partition coefficient (Wildman–Crippen LogP) is 12.9. The van der Waals surface area contributed by atoms with E-state index in [9.17, 15) is 0 Å². The van der Waals surface area contributed by atoms with Crippen molar-refractivity contribution in [1.82, 2.24) is 18.7 Å². The van der Waals surface area contributed by atoms with E-state index < -0.39 is 8.07 Å². The lowest BCUT2D eigenvalue weighted by atomic mass is 9.95. The third-order valence-electron chi connectivity index (χ3n) is 14.4. The summed E-state index contributed by atoms with van der Waals surface area (Å²) in [7, 11) is -3.02. The van der Waals surface area contributed by atoms with Crippen molar-refractivity contribution < 1.29 is 0 Å². The minimum atomic E-state index is -3.02. The van der Waals surface area contributed by atoms with Crippen LogP contribution >= 0.6 is 0 Å². The first-order valence-corrected chi connectivity index (χ1v) is 25.6. The zero-order valence-corrected chi connectivity index (χ0v) is 38.5. The van der Waals surface area contributed by atoms with Crippen LogP contribution in [0.3, 0.4) is 0 Å². The Balaban J connectivity index is 1.07. The van der Waals surface area contributed by atoms with E-state index in [4.69, 9.17) is 4.98 Å². The predicted molar refractivity (Wildman–Crippen MR) is 290 cm³/mol.